The standard InChI is InChI=1S/C67H113NO3/c1-3-5-7-9-11-13-15-17-19-21-23-24-25-26-27-28-29-30-31-32-33-34-35-36-37-38-39-40-41-42-43-44-45-47-49-51-53-55-57-59-61-63-67(71)68-65(64-69)66(70)62-60-58-56-54-52-50-48-46-22-20-18-16-14-12-10-8-6-4-2/h5,7,11,13,17,19,23-24,26-27,29-30,32-33,35-36,38-39,41-42,44-45,65-66,69-70H,3-4,6,8-10,12,14-16,18,20-22,25,28,31,34,37,40,43,46-64H2,1-2H3,(H,68,71)/b7-5-,13-11-,19-17-,24-23-,27-26-,30-29-,33-32-,36-35-,39-38-,42-41-,45-44-. The molecule has 71 heavy (non-hydrogen) atoms. The van der Waals surface area contributed by atoms with Crippen molar-refractivity contribution >= 4 is 5.91 Å². The molecule has 2 unspecified atom stereocenters. The fraction of sp³-hybridized carbons (Fsp3) is 0.657. The van der Waals surface area contributed by atoms with Crippen LogP contribution < -0.4 is 5.32 Å². The number of unbranched alkanes of at least 4 members (excludes halogenated alkanes) is 24. The highest BCUT2D eigenvalue weighted by molar-refractivity contribution is 5.76. The summed E-state index contributed by atoms with van der Waals surface area (Å²) in [6, 6.07) is -0.552. The molecule has 0 rings (SSSR count). The molecule has 0 aromatic heterocycles. The summed E-state index contributed by atoms with van der Waals surface area (Å²) < 4.78 is 0. The first-order valence-corrected chi connectivity index (χ1v) is 29.9. The third kappa shape index (κ3) is 57.3. The molecule has 0 radical (unpaired) electrons. The summed E-state index contributed by atoms with van der Waals surface area (Å²) in [5.74, 6) is -0.0461. The van der Waals surface area contributed by atoms with E-state index in [0.29, 0.717) is 12.8 Å². The molecular weight excluding hydrogens is 867 g/mol. The van der Waals surface area contributed by atoms with Crippen LogP contribution in [-0.2, 0) is 4.79 Å². The molecule has 2 atom stereocenters. The quantitative estimate of drug-likeness (QED) is 0.0420. The van der Waals surface area contributed by atoms with Gasteiger partial charge in [-0.2, -0.15) is 0 Å². The molecule has 4 heteroatoms. The molecule has 0 aromatic rings. The van der Waals surface area contributed by atoms with Crippen molar-refractivity contribution in [3.8, 4) is 0 Å². The second-order valence-corrected chi connectivity index (χ2v) is 19.7. The van der Waals surface area contributed by atoms with Gasteiger partial charge in [-0.25, -0.2) is 0 Å². The molecule has 0 bridgehead atoms. The topological polar surface area (TPSA) is 69.6 Å². The number of carbonyl (C=O) groups excluding carboxylic acids is 1. The molecule has 0 aromatic carbocycles. The Kier molecular flexibility index (Phi) is 57.9. The Balaban J connectivity index is 3.62. The van der Waals surface area contributed by atoms with Crippen molar-refractivity contribution in [1.82, 2.24) is 5.32 Å². The van der Waals surface area contributed by atoms with Crippen LogP contribution in [0.25, 0.3) is 0 Å². The van der Waals surface area contributed by atoms with Crippen LogP contribution in [0.1, 0.15) is 264 Å². The Morgan fingerprint density at radius 1 is 0.352 bits per heavy atom. The summed E-state index contributed by atoms with van der Waals surface area (Å²) in [6.45, 7) is 4.25. The van der Waals surface area contributed by atoms with Crippen LogP contribution in [0.15, 0.2) is 134 Å². The minimum absolute atomic E-state index is 0.0461. The van der Waals surface area contributed by atoms with Gasteiger partial charge in [0.15, 0.2) is 0 Å². The second-order valence-electron chi connectivity index (χ2n) is 19.7. The number of aliphatic hydroxyl groups is 2. The summed E-state index contributed by atoms with van der Waals surface area (Å²) >= 11 is 0. The third-order valence-electron chi connectivity index (χ3n) is 12.9. The van der Waals surface area contributed by atoms with E-state index in [4.69, 9.17) is 0 Å². The van der Waals surface area contributed by atoms with Gasteiger partial charge in [-0.05, 0) is 96.3 Å². The number of carbonyl (C=O) groups is 1. The molecule has 404 valence electrons. The maximum Gasteiger partial charge on any atom is 0.220 e. The Morgan fingerprint density at radius 2 is 0.620 bits per heavy atom. The molecule has 0 saturated carbocycles. The van der Waals surface area contributed by atoms with Gasteiger partial charge in [0.1, 0.15) is 0 Å². The first kappa shape index (κ1) is 67.5. The molecule has 0 saturated heterocycles. The van der Waals surface area contributed by atoms with E-state index in [1.807, 2.05) is 0 Å². The van der Waals surface area contributed by atoms with Gasteiger partial charge in [-0.1, -0.05) is 295 Å². The van der Waals surface area contributed by atoms with Crippen molar-refractivity contribution in [1.29, 1.82) is 0 Å². The lowest BCUT2D eigenvalue weighted by atomic mass is 10.0. The highest BCUT2D eigenvalue weighted by Gasteiger charge is 2.20. The highest BCUT2D eigenvalue weighted by Crippen LogP contribution is 2.16. The number of aliphatic hydroxyl groups excluding tert-OH is 2. The lowest BCUT2D eigenvalue weighted by Crippen LogP contribution is -2.45. The lowest BCUT2D eigenvalue weighted by molar-refractivity contribution is -0.123. The average molecular weight is 981 g/mol. The van der Waals surface area contributed by atoms with Gasteiger partial charge in [-0.3, -0.25) is 4.79 Å². The summed E-state index contributed by atoms with van der Waals surface area (Å²) in [5, 5.41) is 23.3. The van der Waals surface area contributed by atoms with E-state index in [-0.39, 0.29) is 12.5 Å². The van der Waals surface area contributed by atoms with Gasteiger partial charge in [0.05, 0.1) is 18.8 Å². The number of rotatable bonds is 53. The highest BCUT2D eigenvalue weighted by atomic mass is 16.3. The van der Waals surface area contributed by atoms with Crippen LogP contribution in [0.5, 0.6) is 0 Å². The monoisotopic (exact) mass is 980 g/mol. The fourth-order valence-corrected chi connectivity index (χ4v) is 8.43. The first-order chi connectivity index (χ1) is 35.2. The SMILES string of the molecule is CC/C=C\C/C=C\C/C=C\C/C=C\C/C=C\C/C=C\C/C=C\C/C=C\C/C=C\C/C=C\C/C=C\CCCCCCCCCC(=O)NC(CO)C(O)CCCCCCCCCCCCCCCCCCCC. The van der Waals surface area contributed by atoms with Gasteiger partial charge in [0.2, 0.25) is 5.91 Å². The van der Waals surface area contributed by atoms with Crippen molar-refractivity contribution in [2.75, 3.05) is 6.61 Å². The van der Waals surface area contributed by atoms with E-state index >= 15 is 0 Å². The van der Waals surface area contributed by atoms with Gasteiger partial charge in [-0.15, -0.1) is 0 Å². The maximum atomic E-state index is 12.5. The number of hydrogen-bond acceptors (Lipinski definition) is 3. The van der Waals surface area contributed by atoms with Crippen molar-refractivity contribution < 1.29 is 15.0 Å². The van der Waals surface area contributed by atoms with Crippen molar-refractivity contribution in [3.05, 3.63) is 134 Å². The summed E-state index contributed by atoms with van der Waals surface area (Å²) in [5.41, 5.74) is 0. The van der Waals surface area contributed by atoms with Crippen molar-refractivity contribution in [2.45, 2.75) is 276 Å². The van der Waals surface area contributed by atoms with E-state index in [1.54, 1.807) is 0 Å². The van der Waals surface area contributed by atoms with Gasteiger partial charge >= 0.3 is 0 Å². The Bertz CT molecular complexity index is 1440. The molecule has 3 N–H and O–H groups in total. The second kappa shape index (κ2) is 60.8. The average Bonchev–Trinajstić information content (AvgIpc) is 3.37. The predicted octanol–water partition coefficient (Wildman–Crippen LogP) is 20.2. The van der Waals surface area contributed by atoms with E-state index in [2.05, 4.69) is 153 Å². The molecule has 4 nitrogen and oxygen atoms in total. The van der Waals surface area contributed by atoms with Crippen LogP contribution in [-0.4, -0.2) is 34.9 Å². The minimum Gasteiger partial charge on any atom is -0.394 e. The van der Waals surface area contributed by atoms with Crippen LogP contribution in [0, 0.1) is 0 Å². The van der Waals surface area contributed by atoms with Crippen LogP contribution in [0.2, 0.25) is 0 Å². The zero-order valence-corrected chi connectivity index (χ0v) is 46.4. The first-order valence-electron chi connectivity index (χ1n) is 29.9. The van der Waals surface area contributed by atoms with Gasteiger partial charge in [0, 0.05) is 6.42 Å². The maximum absolute atomic E-state index is 12.5. The van der Waals surface area contributed by atoms with Crippen LogP contribution >= 0.6 is 0 Å². The molecule has 0 aliphatic heterocycles. The summed E-state index contributed by atoms with van der Waals surface area (Å²) in [4.78, 5) is 12.5. The zero-order valence-electron chi connectivity index (χ0n) is 46.4. The number of hydrogen-bond donors (Lipinski definition) is 3. The Labute approximate surface area is 441 Å². The van der Waals surface area contributed by atoms with E-state index in [9.17, 15) is 15.0 Å². The molecular formula is C67H113NO3. The minimum atomic E-state index is -0.673. The number of allylic oxidation sites excluding steroid dienone is 22. The van der Waals surface area contributed by atoms with Crippen molar-refractivity contribution in [2.24, 2.45) is 0 Å². The summed E-state index contributed by atoms with van der Waals surface area (Å²) in [7, 11) is 0. The third-order valence-corrected chi connectivity index (χ3v) is 12.9. The molecule has 0 heterocycles. The van der Waals surface area contributed by atoms with E-state index < -0.39 is 12.1 Å². The lowest BCUT2D eigenvalue weighted by Gasteiger charge is -2.22. The Hall–Kier alpha value is -3.47. The molecule has 0 spiro atoms. The smallest absolute Gasteiger partial charge is 0.220 e. The van der Waals surface area contributed by atoms with Crippen LogP contribution in [0.3, 0.4) is 0 Å². The zero-order chi connectivity index (χ0) is 51.3. The van der Waals surface area contributed by atoms with Gasteiger partial charge < -0.3 is 15.5 Å². The Morgan fingerprint density at radius 3 is 0.930 bits per heavy atom. The largest absolute Gasteiger partial charge is 0.394 e. The fourth-order valence-electron chi connectivity index (χ4n) is 8.43. The molecule has 0 aliphatic carbocycles. The van der Waals surface area contributed by atoms with E-state index in [0.717, 1.165) is 109 Å². The number of amides is 1. The number of nitrogens with one attached hydrogen (secondary N) is 1. The van der Waals surface area contributed by atoms with Gasteiger partial charge in [0.25, 0.3) is 0 Å². The normalized spacial score (nSPS) is 13.8. The molecule has 1 amide bonds. The van der Waals surface area contributed by atoms with Crippen LogP contribution in [0.4, 0.5) is 0 Å². The molecule has 0 aliphatic rings. The molecule has 0 fully saturated rings. The van der Waals surface area contributed by atoms with E-state index in [1.165, 1.54) is 128 Å². The van der Waals surface area contributed by atoms with Crippen molar-refractivity contribution in [3.63, 3.8) is 0 Å². The predicted molar refractivity (Wildman–Crippen MR) is 317 cm³/mol. The summed E-state index contributed by atoms with van der Waals surface area (Å²) in [6.07, 6.45) is 94.4.